The van der Waals surface area contributed by atoms with Crippen LogP contribution < -0.4 is 26.0 Å². The molecule has 6 aromatic carbocycles. The molecule has 0 spiro atoms. The van der Waals surface area contributed by atoms with E-state index in [1.165, 1.54) is 61.7 Å². The number of carbonyl (C=O) groups is 3. The lowest BCUT2D eigenvalue weighted by Crippen LogP contribution is -2.21. The van der Waals surface area contributed by atoms with Crippen molar-refractivity contribution >= 4 is 82.4 Å². The SMILES string of the molecule is COc1cccc(NC(=O)Nc2cc(C(=O)Nc3cccc4cc(S(=O)(=O)O)ccc34)cc(C(=O)Nc3cccc4cc(S(=O)(=O)O)ccc34)c2)c1. The molecule has 0 bridgehead atoms. The van der Waals surface area contributed by atoms with Crippen LogP contribution in [0, 0.1) is 0 Å². The van der Waals surface area contributed by atoms with Gasteiger partial charge in [0.2, 0.25) is 0 Å². The highest BCUT2D eigenvalue weighted by Crippen LogP contribution is 2.29. The van der Waals surface area contributed by atoms with Gasteiger partial charge in [-0.15, -0.1) is 0 Å². The summed E-state index contributed by atoms with van der Waals surface area (Å²) in [7, 11) is -7.47. The van der Waals surface area contributed by atoms with Crippen molar-refractivity contribution in [2.45, 2.75) is 9.79 Å². The summed E-state index contributed by atoms with van der Waals surface area (Å²) >= 11 is 0. The van der Waals surface area contributed by atoms with Gasteiger partial charge in [0, 0.05) is 50.7 Å². The largest absolute Gasteiger partial charge is 0.497 e. The van der Waals surface area contributed by atoms with Crippen molar-refractivity contribution in [3.63, 3.8) is 0 Å². The maximum Gasteiger partial charge on any atom is 0.323 e. The number of benzene rings is 6. The minimum Gasteiger partial charge on any atom is -0.497 e. The molecule has 0 aliphatic carbocycles. The Morgan fingerprint density at radius 3 is 1.50 bits per heavy atom. The Kier molecular flexibility index (Phi) is 9.64. The number of rotatable bonds is 9. The molecule has 14 nitrogen and oxygen atoms in total. The molecule has 16 heteroatoms. The fourth-order valence-electron chi connectivity index (χ4n) is 5.41. The van der Waals surface area contributed by atoms with Gasteiger partial charge < -0.3 is 26.0 Å². The van der Waals surface area contributed by atoms with Crippen LogP contribution in [0.25, 0.3) is 21.5 Å². The highest BCUT2D eigenvalue weighted by molar-refractivity contribution is 7.86. The van der Waals surface area contributed by atoms with E-state index in [-0.39, 0.29) is 26.6 Å². The first-order valence-corrected chi connectivity index (χ1v) is 18.1. The van der Waals surface area contributed by atoms with Gasteiger partial charge in [-0.2, -0.15) is 16.8 Å². The van der Waals surface area contributed by atoms with E-state index in [9.17, 15) is 40.3 Å². The lowest BCUT2D eigenvalue weighted by Gasteiger charge is -2.14. The number of nitrogens with one attached hydrogen (secondary N) is 4. The molecule has 0 aliphatic heterocycles. The Morgan fingerprint density at radius 2 is 1.02 bits per heavy atom. The van der Waals surface area contributed by atoms with Crippen LogP contribution in [0.15, 0.2) is 125 Å². The number of carbonyl (C=O) groups excluding carboxylic acids is 3. The standard InChI is InChI=1S/C36H28N4O10S2/c1-50-27-8-4-7-25(20-27)37-36(43)38-26-16-23(34(41)39-32-9-2-5-21-18-28(51(44,45)46)11-13-30(21)32)15-24(17-26)35(42)40-33-10-3-6-22-19-29(52(47,48)49)12-14-31(22)33/h2-20H,1H3,(H,39,41)(H,40,42)(H2,37,38,43)(H,44,45,46)(H,47,48,49). The molecule has 4 amide bonds. The van der Waals surface area contributed by atoms with Crippen LogP contribution in [0.2, 0.25) is 0 Å². The molecule has 52 heavy (non-hydrogen) atoms. The minimum absolute atomic E-state index is 0.0356. The summed E-state index contributed by atoms with van der Waals surface area (Å²) < 4.78 is 70.8. The third kappa shape index (κ3) is 8.00. The van der Waals surface area contributed by atoms with Gasteiger partial charge in [0.05, 0.1) is 16.9 Å². The van der Waals surface area contributed by atoms with Crippen LogP contribution in [-0.4, -0.2) is 50.9 Å². The Labute approximate surface area is 296 Å². The first-order chi connectivity index (χ1) is 24.7. The molecule has 6 rings (SSSR count). The first-order valence-electron chi connectivity index (χ1n) is 15.2. The highest BCUT2D eigenvalue weighted by Gasteiger charge is 2.18. The lowest BCUT2D eigenvalue weighted by molar-refractivity contribution is 0.102. The summed E-state index contributed by atoms with van der Waals surface area (Å²) in [4.78, 5) is 39.8. The molecule has 6 N–H and O–H groups in total. The van der Waals surface area contributed by atoms with Gasteiger partial charge >= 0.3 is 6.03 Å². The van der Waals surface area contributed by atoms with Crippen LogP contribution in [0.1, 0.15) is 20.7 Å². The lowest BCUT2D eigenvalue weighted by atomic mass is 10.1. The second kappa shape index (κ2) is 14.1. The van der Waals surface area contributed by atoms with E-state index in [2.05, 4.69) is 21.3 Å². The van der Waals surface area contributed by atoms with Crippen molar-refractivity contribution < 1.29 is 45.1 Å². The monoisotopic (exact) mass is 740 g/mol. The van der Waals surface area contributed by atoms with Gasteiger partial charge in [0.1, 0.15) is 5.75 Å². The van der Waals surface area contributed by atoms with Crippen LogP contribution in [0.5, 0.6) is 5.75 Å². The van der Waals surface area contributed by atoms with Crippen molar-refractivity contribution in [3.8, 4) is 5.75 Å². The predicted molar refractivity (Wildman–Crippen MR) is 196 cm³/mol. The number of urea groups is 1. The Balaban J connectivity index is 1.34. The number of fused-ring (bicyclic) bond motifs is 2. The van der Waals surface area contributed by atoms with Gasteiger partial charge in [-0.1, -0.05) is 42.5 Å². The summed E-state index contributed by atoms with van der Waals surface area (Å²) in [6.07, 6.45) is 0. The molecule has 0 aliphatic rings. The van der Waals surface area contributed by atoms with Gasteiger partial charge in [0.25, 0.3) is 32.1 Å². The van der Waals surface area contributed by atoms with E-state index in [0.717, 1.165) is 0 Å². The number of hydrogen-bond acceptors (Lipinski definition) is 8. The second-order valence-corrected chi connectivity index (χ2v) is 14.2. The quantitative estimate of drug-likeness (QED) is 0.0868. The smallest absolute Gasteiger partial charge is 0.323 e. The van der Waals surface area contributed by atoms with Gasteiger partial charge in [-0.3, -0.25) is 18.7 Å². The molecule has 6 aromatic rings. The molecule has 0 unspecified atom stereocenters. The number of amides is 4. The topological polar surface area (TPSA) is 217 Å². The van der Waals surface area contributed by atoms with E-state index in [1.807, 2.05) is 0 Å². The Hall–Kier alpha value is -6.33. The minimum atomic E-state index is -4.47. The van der Waals surface area contributed by atoms with Crippen molar-refractivity contribution in [1.29, 1.82) is 0 Å². The molecule has 0 fully saturated rings. The second-order valence-electron chi connectivity index (χ2n) is 11.3. The first kappa shape index (κ1) is 35.5. The molecular weight excluding hydrogens is 713 g/mol. The van der Waals surface area contributed by atoms with Crippen LogP contribution in [0.3, 0.4) is 0 Å². The maximum absolute atomic E-state index is 13.7. The van der Waals surface area contributed by atoms with Crippen molar-refractivity contribution in [2.75, 3.05) is 28.4 Å². The zero-order valence-corrected chi connectivity index (χ0v) is 28.6. The molecular formula is C36H28N4O10S2. The molecule has 0 aromatic heterocycles. The average molecular weight is 741 g/mol. The number of anilines is 4. The maximum atomic E-state index is 13.7. The van der Waals surface area contributed by atoms with Crippen molar-refractivity contribution in [1.82, 2.24) is 0 Å². The van der Waals surface area contributed by atoms with Crippen LogP contribution in [-0.2, 0) is 20.2 Å². The summed E-state index contributed by atoms with van der Waals surface area (Å²) in [6, 6.07) is 27.2. The predicted octanol–water partition coefficient (Wildman–Crippen LogP) is 6.64. The van der Waals surface area contributed by atoms with E-state index in [1.54, 1.807) is 60.7 Å². The van der Waals surface area contributed by atoms with E-state index >= 15 is 0 Å². The molecule has 0 saturated heterocycles. The molecule has 0 atom stereocenters. The Bertz CT molecular complexity index is 2500. The summed E-state index contributed by atoms with van der Waals surface area (Å²) in [5, 5.41) is 12.6. The molecule has 0 radical (unpaired) electrons. The van der Waals surface area contributed by atoms with E-state index in [4.69, 9.17) is 4.74 Å². The summed E-state index contributed by atoms with van der Waals surface area (Å²) in [5.41, 5.74) is 1.00. The third-order valence-electron chi connectivity index (χ3n) is 7.84. The third-order valence-corrected chi connectivity index (χ3v) is 9.54. The van der Waals surface area contributed by atoms with Gasteiger partial charge in [0.15, 0.2) is 0 Å². The van der Waals surface area contributed by atoms with Gasteiger partial charge in [-0.25, -0.2) is 4.79 Å². The molecule has 0 heterocycles. The summed E-state index contributed by atoms with van der Waals surface area (Å²) in [6.45, 7) is 0. The number of methoxy groups -OCH3 is 1. The zero-order valence-electron chi connectivity index (χ0n) is 26.9. The Morgan fingerprint density at radius 1 is 0.538 bits per heavy atom. The van der Waals surface area contributed by atoms with E-state index < -0.39 is 38.1 Å². The molecule has 264 valence electrons. The van der Waals surface area contributed by atoms with Crippen molar-refractivity contribution in [3.05, 3.63) is 126 Å². The number of ether oxygens (including phenoxy) is 1. The highest BCUT2D eigenvalue weighted by atomic mass is 32.2. The molecule has 0 saturated carbocycles. The zero-order chi connectivity index (χ0) is 37.2. The normalized spacial score (nSPS) is 11.5. The fraction of sp³-hybridized carbons (Fsp3) is 0.0278. The van der Waals surface area contributed by atoms with Crippen molar-refractivity contribution in [2.24, 2.45) is 0 Å². The van der Waals surface area contributed by atoms with Crippen LogP contribution in [0.4, 0.5) is 27.5 Å². The average Bonchev–Trinajstić information content (AvgIpc) is 3.10. The number of hydrogen-bond donors (Lipinski definition) is 6. The van der Waals surface area contributed by atoms with Gasteiger partial charge in [-0.05, 0) is 77.5 Å². The summed E-state index contributed by atoms with van der Waals surface area (Å²) in [5.74, 6) is -0.860. The van der Waals surface area contributed by atoms with Crippen LogP contribution >= 0.6 is 0 Å². The van der Waals surface area contributed by atoms with E-state index in [0.29, 0.717) is 44.4 Å². The fourth-order valence-corrected chi connectivity index (χ4v) is 6.44.